The van der Waals surface area contributed by atoms with Gasteiger partial charge in [-0.2, -0.15) is 0 Å². The fourth-order valence-corrected chi connectivity index (χ4v) is 4.67. The molecule has 3 aromatic rings. The number of esters is 1. The van der Waals surface area contributed by atoms with Crippen molar-refractivity contribution in [3.63, 3.8) is 0 Å². The molecule has 2 aromatic carbocycles. The summed E-state index contributed by atoms with van der Waals surface area (Å²) in [6, 6.07) is 13.8. The minimum atomic E-state index is -0.516. The highest BCUT2D eigenvalue weighted by Gasteiger charge is 2.20. The third-order valence-electron chi connectivity index (χ3n) is 4.52. The fraction of sp³-hybridized carbons (Fsp3) is 0.0909. The van der Waals surface area contributed by atoms with Crippen molar-refractivity contribution in [3.8, 4) is 0 Å². The first-order valence-corrected chi connectivity index (χ1v) is 10.4. The Kier molecular flexibility index (Phi) is 6.82. The maximum atomic E-state index is 12.2. The van der Waals surface area contributed by atoms with Gasteiger partial charge in [-0.05, 0) is 47.0 Å². The Morgan fingerprint density at radius 1 is 1.07 bits per heavy atom. The number of amides is 1. The standard InChI is InChI=1S/C22H18Cl2N2O3S/c1-29-22(28)19-10-14(9-15-17(23)3-2-4-18(15)24)20(30-19)16(11-25)12-5-7-13(8-6-12)21(26)27/h2-8,10-11H,9,25H2,1H3,(H2,26,27)/b16-11-. The molecule has 1 aromatic heterocycles. The summed E-state index contributed by atoms with van der Waals surface area (Å²) in [4.78, 5) is 24.7. The number of methoxy groups -OCH3 is 1. The number of ether oxygens (including phenoxy) is 1. The van der Waals surface area contributed by atoms with Crippen LogP contribution in [0, 0.1) is 0 Å². The summed E-state index contributed by atoms with van der Waals surface area (Å²) in [7, 11) is 1.33. The molecule has 3 rings (SSSR count). The number of benzene rings is 2. The topological polar surface area (TPSA) is 95.4 Å². The van der Waals surface area contributed by atoms with Crippen LogP contribution in [-0.2, 0) is 11.2 Å². The summed E-state index contributed by atoms with van der Waals surface area (Å²) in [5, 5.41) is 1.06. The second-order valence-electron chi connectivity index (χ2n) is 6.36. The highest BCUT2D eigenvalue weighted by Crippen LogP contribution is 2.37. The number of hydrogen-bond acceptors (Lipinski definition) is 5. The quantitative estimate of drug-likeness (QED) is 0.512. The van der Waals surface area contributed by atoms with Gasteiger partial charge in [-0.3, -0.25) is 4.79 Å². The van der Waals surface area contributed by atoms with Crippen molar-refractivity contribution in [1.29, 1.82) is 0 Å². The Bertz CT molecular complexity index is 1120. The van der Waals surface area contributed by atoms with Crippen LogP contribution in [0.2, 0.25) is 10.0 Å². The van der Waals surface area contributed by atoms with Gasteiger partial charge in [0, 0.05) is 38.7 Å². The van der Waals surface area contributed by atoms with Gasteiger partial charge >= 0.3 is 5.97 Å². The van der Waals surface area contributed by atoms with Crippen LogP contribution < -0.4 is 11.5 Å². The highest BCUT2D eigenvalue weighted by molar-refractivity contribution is 7.15. The lowest BCUT2D eigenvalue weighted by Crippen LogP contribution is -2.10. The fourth-order valence-electron chi connectivity index (χ4n) is 3.00. The van der Waals surface area contributed by atoms with Crippen molar-refractivity contribution in [3.05, 3.63) is 96.8 Å². The Morgan fingerprint density at radius 3 is 2.20 bits per heavy atom. The van der Waals surface area contributed by atoms with Crippen molar-refractivity contribution < 1.29 is 14.3 Å². The lowest BCUT2D eigenvalue weighted by atomic mass is 9.97. The first kappa shape index (κ1) is 21.9. The van der Waals surface area contributed by atoms with Crippen molar-refractivity contribution in [1.82, 2.24) is 0 Å². The van der Waals surface area contributed by atoms with Crippen LogP contribution in [0.4, 0.5) is 0 Å². The van der Waals surface area contributed by atoms with E-state index in [1.807, 2.05) is 0 Å². The Hall–Kier alpha value is -2.80. The van der Waals surface area contributed by atoms with Crippen LogP contribution in [0.25, 0.3) is 5.57 Å². The van der Waals surface area contributed by atoms with E-state index in [0.717, 1.165) is 21.6 Å². The third kappa shape index (κ3) is 4.51. The van der Waals surface area contributed by atoms with Gasteiger partial charge in [-0.15, -0.1) is 11.3 Å². The molecule has 1 heterocycles. The van der Waals surface area contributed by atoms with Gasteiger partial charge in [-0.25, -0.2) is 4.79 Å². The molecule has 0 fully saturated rings. The van der Waals surface area contributed by atoms with Crippen LogP contribution in [0.5, 0.6) is 0 Å². The highest BCUT2D eigenvalue weighted by atomic mass is 35.5. The van der Waals surface area contributed by atoms with E-state index >= 15 is 0 Å². The molecule has 0 unspecified atom stereocenters. The number of thiophene rings is 1. The van der Waals surface area contributed by atoms with E-state index in [4.69, 9.17) is 39.4 Å². The molecule has 0 aliphatic carbocycles. The molecule has 0 aliphatic heterocycles. The predicted octanol–water partition coefficient (Wildman–Crippen LogP) is 4.88. The van der Waals surface area contributed by atoms with Gasteiger partial charge in [0.25, 0.3) is 0 Å². The predicted molar refractivity (Wildman–Crippen MR) is 121 cm³/mol. The zero-order valence-corrected chi connectivity index (χ0v) is 18.3. The first-order valence-electron chi connectivity index (χ1n) is 8.82. The molecular formula is C22H18Cl2N2O3S. The van der Waals surface area contributed by atoms with Crippen molar-refractivity contribution >= 4 is 52.0 Å². The van der Waals surface area contributed by atoms with E-state index in [9.17, 15) is 9.59 Å². The Morgan fingerprint density at radius 2 is 1.67 bits per heavy atom. The summed E-state index contributed by atoms with van der Waals surface area (Å²) >= 11 is 14.0. The normalized spacial score (nSPS) is 11.4. The number of halogens is 2. The summed E-state index contributed by atoms with van der Waals surface area (Å²) in [5.74, 6) is -0.962. The number of nitrogens with two attached hydrogens (primary N) is 2. The third-order valence-corrected chi connectivity index (χ3v) is 6.42. The summed E-state index contributed by atoms with van der Waals surface area (Å²) in [5.41, 5.74) is 14.7. The SMILES string of the molecule is COC(=O)c1cc(Cc2c(Cl)cccc2Cl)c(/C(=C\N)c2ccc(C(N)=O)cc2)s1. The smallest absolute Gasteiger partial charge is 0.348 e. The van der Waals surface area contributed by atoms with Crippen LogP contribution in [-0.4, -0.2) is 19.0 Å². The molecular weight excluding hydrogens is 443 g/mol. The van der Waals surface area contributed by atoms with Crippen LogP contribution in [0.15, 0.2) is 54.7 Å². The van der Waals surface area contributed by atoms with Gasteiger partial charge in [0.2, 0.25) is 5.91 Å². The maximum Gasteiger partial charge on any atom is 0.348 e. The molecule has 0 saturated heterocycles. The molecule has 0 aliphatic rings. The van der Waals surface area contributed by atoms with E-state index < -0.39 is 11.9 Å². The summed E-state index contributed by atoms with van der Waals surface area (Å²) in [6.45, 7) is 0. The molecule has 0 atom stereocenters. The molecule has 154 valence electrons. The number of primary amides is 1. The zero-order chi connectivity index (χ0) is 21.8. The van der Waals surface area contributed by atoms with E-state index in [2.05, 4.69) is 0 Å². The minimum Gasteiger partial charge on any atom is -0.465 e. The molecule has 4 N–H and O–H groups in total. The minimum absolute atomic E-state index is 0.389. The Labute approximate surface area is 187 Å². The largest absolute Gasteiger partial charge is 0.465 e. The molecule has 1 amide bonds. The van der Waals surface area contributed by atoms with E-state index in [1.165, 1.54) is 24.6 Å². The first-order chi connectivity index (χ1) is 14.3. The molecule has 0 spiro atoms. The molecule has 0 radical (unpaired) electrons. The van der Waals surface area contributed by atoms with Gasteiger partial charge in [0.1, 0.15) is 4.88 Å². The molecule has 8 heteroatoms. The van der Waals surface area contributed by atoms with Gasteiger partial charge in [0.05, 0.1) is 7.11 Å². The van der Waals surface area contributed by atoms with Crippen LogP contribution in [0.3, 0.4) is 0 Å². The molecule has 5 nitrogen and oxygen atoms in total. The van der Waals surface area contributed by atoms with Gasteiger partial charge in [-0.1, -0.05) is 41.4 Å². The number of rotatable bonds is 6. The lowest BCUT2D eigenvalue weighted by Gasteiger charge is -2.11. The van der Waals surface area contributed by atoms with Gasteiger partial charge in [0.15, 0.2) is 0 Å². The van der Waals surface area contributed by atoms with Crippen LogP contribution >= 0.6 is 34.5 Å². The Balaban J connectivity index is 2.10. The van der Waals surface area contributed by atoms with E-state index in [-0.39, 0.29) is 0 Å². The average molecular weight is 461 g/mol. The van der Waals surface area contributed by atoms with Gasteiger partial charge < -0.3 is 16.2 Å². The molecule has 30 heavy (non-hydrogen) atoms. The maximum absolute atomic E-state index is 12.2. The number of carbonyl (C=O) groups is 2. The second-order valence-corrected chi connectivity index (χ2v) is 8.22. The molecule has 0 saturated carbocycles. The lowest BCUT2D eigenvalue weighted by molar-refractivity contribution is 0.0606. The van der Waals surface area contributed by atoms with E-state index in [1.54, 1.807) is 48.5 Å². The molecule has 0 bridgehead atoms. The monoisotopic (exact) mass is 460 g/mol. The van der Waals surface area contributed by atoms with Crippen LogP contribution in [0.1, 0.15) is 41.6 Å². The van der Waals surface area contributed by atoms with E-state index in [0.29, 0.717) is 32.5 Å². The van der Waals surface area contributed by atoms with Crippen molar-refractivity contribution in [2.75, 3.05) is 7.11 Å². The van der Waals surface area contributed by atoms with Crippen molar-refractivity contribution in [2.24, 2.45) is 11.5 Å². The zero-order valence-electron chi connectivity index (χ0n) is 15.9. The summed E-state index contributed by atoms with van der Waals surface area (Å²) in [6.07, 6.45) is 1.86. The van der Waals surface area contributed by atoms with Crippen molar-refractivity contribution in [2.45, 2.75) is 6.42 Å². The summed E-state index contributed by atoms with van der Waals surface area (Å²) < 4.78 is 4.88. The second kappa shape index (κ2) is 9.34. The average Bonchev–Trinajstić information content (AvgIpc) is 3.15. The number of hydrogen-bond donors (Lipinski definition) is 2. The number of carbonyl (C=O) groups excluding carboxylic acids is 2.